The first-order valence-electron chi connectivity index (χ1n) is 10.5. The molecule has 0 spiro atoms. The summed E-state index contributed by atoms with van der Waals surface area (Å²) in [4.78, 5) is 32.1. The number of ether oxygens (including phenoxy) is 3. The molecule has 2 aromatic carbocycles. The number of benzene rings is 2. The summed E-state index contributed by atoms with van der Waals surface area (Å²) in [6.45, 7) is 4.81. The van der Waals surface area contributed by atoms with Crippen molar-refractivity contribution in [2.45, 2.75) is 25.5 Å². The van der Waals surface area contributed by atoms with Gasteiger partial charge in [-0.05, 0) is 49.2 Å². The summed E-state index contributed by atoms with van der Waals surface area (Å²) in [6, 6.07) is 11.0. The van der Waals surface area contributed by atoms with Gasteiger partial charge in [-0.15, -0.1) is 0 Å². The Labute approximate surface area is 198 Å². The number of thioether (sulfide) groups is 1. The number of anilines is 1. The van der Waals surface area contributed by atoms with Crippen LogP contribution in [0.5, 0.6) is 11.5 Å². The van der Waals surface area contributed by atoms with E-state index in [1.54, 1.807) is 37.3 Å². The molecule has 0 aromatic heterocycles. The van der Waals surface area contributed by atoms with Gasteiger partial charge in [0.1, 0.15) is 16.7 Å². The first-order valence-corrected chi connectivity index (χ1v) is 11.4. The average molecular weight is 472 g/mol. The van der Waals surface area contributed by atoms with Crippen molar-refractivity contribution in [1.29, 1.82) is 0 Å². The molecule has 8 nitrogen and oxygen atoms in total. The smallest absolute Gasteiger partial charge is 0.242 e. The highest BCUT2D eigenvalue weighted by molar-refractivity contribution is 8.15. The molecular weight excluding hydrogens is 442 g/mol. The highest BCUT2D eigenvalue weighted by Gasteiger charge is 2.39. The van der Waals surface area contributed by atoms with Crippen LogP contribution in [-0.2, 0) is 14.3 Å². The fraction of sp³-hybridized carbons (Fsp3) is 0.375. The second kappa shape index (κ2) is 11.2. The molecule has 1 aliphatic rings. The Balaban J connectivity index is 1.76. The summed E-state index contributed by atoms with van der Waals surface area (Å²) >= 11 is 1.30. The summed E-state index contributed by atoms with van der Waals surface area (Å²) in [5.74, 6) is 0.652. The lowest BCUT2D eigenvalue weighted by Crippen LogP contribution is -2.35. The molecule has 1 fully saturated rings. The summed E-state index contributed by atoms with van der Waals surface area (Å²) in [7, 11) is 4.66. The van der Waals surface area contributed by atoms with E-state index >= 15 is 0 Å². The summed E-state index contributed by atoms with van der Waals surface area (Å²) in [5.41, 5.74) is 3.58. The van der Waals surface area contributed by atoms with Crippen LogP contribution in [0.3, 0.4) is 0 Å². The van der Waals surface area contributed by atoms with E-state index in [0.29, 0.717) is 35.5 Å². The number of nitrogens with one attached hydrogen (secondary N) is 1. The molecule has 0 radical (unpaired) electrons. The third kappa shape index (κ3) is 6.06. The molecule has 0 bridgehead atoms. The van der Waals surface area contributed by atoms with Crippen molar-refractivity contribution in [3.8, 4) is 11.5 Å². The number of rotatable bonds is 9. The van der Waals surface area contributed by atoms with Crippen molar-refractivity contribution >= 4 is 40.1 Å². The third-order valence-corrected chi connectivity index (χ3v) is 6.48. The Morgan fingerprint density at radius 3 is 2.55 bits per heavy atom. The SMILES string of the molecule is COCCN1C(=O)C(CC(=O)Nc2ccc(OC)cc2OC)SC1=Nc1ccc(C)c(C)c1. The van der Waals surface area contributed by atoms with Crippen molar-refractivity contribution in [3.05, 3.63) is 47.5 Å². The lowest BCUT2D eigenvalue weighted by molar-refractivity contribution is -0.128. The van der Waals surface area contributed by atoms with Crippen molar-refractivity contribution in [2.24, 2.45) is 4.99 Å². The number of aryl methyl sites for hydroxylation is 2. The minimum absolute atomic E-state index is 0.00805. The van der Waals surface area contributed by atoms with E-state index in [1.807, 2.05) is 32.0 Å². The van der Waals surface area contributed by atoms with Crippen LogP contribution in [-0.4, -0.2) is 61.6 Å². The number of carbonyl (C=O) groups is 2. The van der Waals surface area contributed by atoms with E-state index in [4.69, 9.17) is 19.2 Å². The van der Waals surface area contributed by atoms with Gasteiger partial charge in [0.15, 0.2) is 5.17 Å². The maximum Gasteiger partial charge on any atom is 0.242 e. The molecule has 1 aliphatic heterocycles. The number of aliphatic imine (C=N–C) groups is 1. The fourth-order valence-corrected chi connectivity index (χ4v) is 4.47. The van der Waals surface area contributed by atoms with Crippen molar-refractivity contribution in [1.82, 2.24) is 4.90 Å². The summed E-state index contributed by atoms with van der Waals surface area (Å²) in [6.07, 6.45) is 0.00805. The van der Waals surface area contributed by atoms with E-state index in [2.05, 4.69) is 5.32 Å². The van der Waals surface area contributed by atoms with Crippen LogP contribution >= 0.6 is 11.8 Å². The lowest BCUT2D eigenvalue weighted by atomic mass is 10.1. The fourth-order valence-electron chi connectivity index (χ4n) is 3.29. The second-order valence-corrected chi connectivity index (χ2v) is 8.74. The minimum Gasteiger partial charge on any atom is -0.497 e. The second-order valence-electron chi connectivity index (χ2n) is 7.57. The summed E-state index contributed by atoms with van der Waals surface area (Å²) < 4.78 is 15.7. The first kappa shape index (κ1) is 24.6. The van der Waals surface area contributed by atoms with Gasteiger partial charge in [0.05, 0.1) is 38.7 Å². The van der Waals surface area contributed by atoms with Gasteiger partial charge in [0.2, 0.25) is 11.8 Å². The molecule has 1 N–H and O–H groups in total. The summed E-state index contributed by atoms with van der Waals surface area (Å²) in [5, 5.41) is 2.83. The zero-order valence-electron chi connectivity index (χ0n) is 19.5. The monoisotopic (exact) mass is 471 g/mol. The number of nitrogens with zero attached hydrogens (tertiary/aromatic N) is 2. The van der Waals surface area contributed by atoms with Gasteiger partial charge in [-0.1, -0.05) is 17.8 Å². The lowest BCUT2D eigenvalue weighted by Gasteiger charge is -2.16. The first-order chi connectivity index (χ1) is 15.9. The molecule has 176 valence electrons. The molecule has 1 heterocycles. The van der Waals surface area contributed by atoms with E-state index < -0.39 is 5.25 Å². The van der Waals surface area contributed by atoms with Crippen molar-refractivity contribution in [2.75, 3.05) is 39.8 Å². The normalized spacial score (nSPS) is 16.9. The molecule has 1 atom stereocenters. The molecule has 1 saturated heterocycles. The maximum absolute atomic E-state index is 13.1. The molecule has 0 saturated carbocycles. The van der Waals surface area contributed by atoms with Gasteiger partial charge in [-0.3, -0.25) is 14.5 Å². The van der Waals surface area contributed by atoms with Crippen molar-refractivity contribution in [3.63, 3.8) is 0 Å². The van der Waals surface area contributed by atoms with Crippen LogP contribution in [0, 0.1) is 13.8 Å². The number of amides is 2. The largest absolute Gasteiger partial charge is 0.497 e. The Morgan fingerprint density at radius 2 is 1.88 bits per heavy atom. The third-order valence-electron chi connectivity index (χ3n) is 5.31. The molecular formula is C24H29N3O5S. The predicted molar refractivity (Wildman–Crippen MR) is 131 cm³/mol. The topological polar surface area (TPSA) is 89.5 Å². The molecule has 33 heavy (non-hydrogen) atoms. The quantitative estimate of drug-likeness (QED) is 0.596. The van der Waals surface area contributed by atoms with E-state index in [-0.39, 0.29) is 18.2 Å². The van der Waals surface area contributed by atoms with Crippen LogP contribution in [0.25, 0.3) is 0 Å². The molecule has 9 heteroatoms. The standard InChI is InChI=1S/C24H29N3O5S/c1-15-6-7-17(12-16(15)2)25-24-27(10-11-30-3)23(29)21(33-24)14-22(28)26-19-9-8-18(31-4)13-20(19)32-5/h6-9,12-13,21H,10-11,14H2,1-5H3,(H,26,28). The number of methoxy groups -OCH3 is 3. The Bertz CT molecular complexity index is 1060. The van der Waals surface area contributed by atoms with Gasteiger partial charge in [-0.25, -0.2) is 4.99 Å². The zero-order chi connectivity index (χ0) is 24.0. The van der Waals surface area contributed by atoms with Crippen LogP contribution in [0.2, 0.25) is 0 Å². The number of hydrogen-bond acceptors (Lipinski definition) is 7. The maximum atomic E-state index is 13.1. The molecule has 2 amide bonds. The highest BCUT2D eigenvalue weighted by Crippen LogP contribution is 2.33. The minimum atomic E-state index is -0.573. The van der Waals surface area contributed by atoms with Gasteiger partial charge in [-0.2, -0.15) is 0 Å². The van der Waals surface area contributed by atoms with Crippen LogP contribution < -0.4 is 14.8 Å². The highest BCUT2D eigenvalue weighted by atomic mass is 32.2. The van der Waals surface area contributed by atoms with E-state index in [1.165, 1.54) is 24.4 Å². The van der Waals surface area contributed by atoms with Gasteiger partial charge >= 0.3 is 0 Å². The van der Waals surface area contributed by atoms with Gasteiger partial charge in [0.25, 0.3) is 0 Å². The van der Waals surface area contributed by atoms with Crippen molar-refractivity contribution < 1.29 is 23.8 Å². The number of amidine groups is 1. The van der Waals surface area contributed by atoms with E-state index in [0.717, 1.165) is 11.3 Å². The average Bonchev–Trinajstić information content (AvgIpc) is 3.08. The predicted octanol–water partition coefficient (Wildman–Crippen LogP) is 3.93. The van der Waals surface area contributed by atoms with Crippen LogP contribution in [0.4, 0.5) is 11.4 Å². The molecule has 0 aliphatic carbocycles. The number of hydrogen-bond donors (Lipinski definition) is 1. The van der Waals surface area contributed by atoms with Gasteiger partial charge in [0, 0.05) is 19.6 Å². The molecule has 2 aromatic rings. The van der Waals surface area contributed by atoms with Crippen LogP contribution in [0.1, 0.15) is 17.5 Å². The number of carbonyl (C=O) groups excluding carboxylic acids is 2. The Hall–Kier alpha value is -3.04. The van der Waals surface area contributed by atoms with Crippen LogP contribution in [0.15, 0.2) is 41.4 Å². The van der Waals surface area contributed by atoms with E-state index in [9.17, 15) is 9.59 Å². The zero-order valence-corrected chi connectivity index (χ0v) is 20.3. The van der Waals surface area contributed by atoms with Gasteiger partial charge < -0.3 is 19.5 Å². The Morgan fingerprint density at radius 1 is 1.09 bits per heavy atom. The Kier molecular flexibility index (Phi) is 8.35. The molecule has 1 unspecified atom stereocenters. The molecule has 3 rings (SSSR count).